The van der Waals surface area contributed by atoms with Crippen molar-refractivity contribution in [3.05, 3.63) is 44.2 Å². The quantitative estimate of drug-likeness (QED) is 0.366. The standard InChI is InChI=1S/C8H6N2O4/c11-9(12)6-3-5-7(6)4-1-2-8(4,5)10(13)14/h1-5,7H/t4-,5+,7?,8+/m0/s1. The predicted octanol–water partition coefficient (Wildman–Crippen LogP) is 0.608. The Morgan fingerprint density at radius 1 is 1.29 bits per heavy atom. The molecule has 0 aromatic heterocycles. The fourth-order valence-corrected chi connectivity index (χ4v) is 2.81. The second-order valence-corrected chi connectivity index (χ2v) is 3.93. The highest BCUT2D eigenvalue weighted by atomic mass is 16.6. The lowest BCUT2D eigenvalue weighted by molar-refractivity contribution is -0.612. The average Bonchev–Trinajstić information content (AvgIpc) is 2.03. The van der Waals surface area contributed by atoms with Gasteiger partial charge in [-0.1, -0.05) is 6.08 Å². The van der Waals surface area contributed by atoms with E-state index in [4.69, 9.17) is 0 Å². The van der Waals surface area contributed by atoms with Gasteiger partial charge in [0.05, 0.1) is 22.7 Å². The van der Waals surface area contributed by atoms with Gasteiger partial charge in [-0.2, -0.15) is 0 Å². The maximum Gasteiger partial charge on any atom is 0.254 e. The van der Waals surface area contributed by atoms with Gasteiger partial charge in [0.2, 0.25) is 5.70 Å². The fraction of sp³-hybridized carbons (Fsp3) is 0.500. The Kier molecular flexibility index (Phi) is 1.02. The SMILES string of the molecule is O=[N+]([O-])C1=C[C@@H]2C1[C@@H]1C=C[C@]21[N+](=O)[O-]. The van der Waals surface area contributed by atoms with Crippen LogP contribution >= 0.6 is 0 Å². The molecule has 3 aliphatic rings. The molecule has 1 saturated carbocycles. The first-order valence-corrected chi connectivity index (χ1v) is 4.29. The Bertz CT molecular complexity index is 427. The molecule has 4 atom stereocenters. The maximum absolute atomic E-state index is 10.8. The number of fused-ring (bicyclic) bond motifs is 4. The smallest absolute Gasteiger partial charge is 0.254 e. The summed E-state index contributed by atoms with van der Waals surface area (Å²) < 4.78 is 0. The molecule has 6 nitrogen and oxygen atoms in total. The Hall–Kier alpha value is -1.72. The van der Waals surface area contributed by atoms with Gasteiger partial charge in [0.15, 0.2) is 0 Å². The largest absolute Gasteiger partial charge is 0.264 e. The van der Waals surface area contributed by atoms with Crippen LogP contribution in [0.25, 0.3) is 0 Å². The minimum Gasteiger partial charge on any atom is -0.264 e. The van der Waals surface area contributed by atoms with Gasteiger partial charge in [-0.05, 0) is 6.08 Å². The summed E-state index contributed by atoms with van der Waals surface area (Å²) in [6.07, 6.45) is 4.69. The highest BCUT2D eigenvalue weighted by Crippen LogP contribution is 2.66. The molecule has 14 heavy (non-hydrogen) atoms. The molecule has 0 aliphatic heterocycles. The molecular weight excluding hydrogens is 188 g/mol. The van der Waals surface area contributed by atoms with Crippen molar-refractivity contribution in [3.8, 4) is 0 Å². The summed E-state index contributed by atoms with van der Waals surface area (Å²) >= 11 is 0. The van der Waals surface area contributed by atoms with E-state index in [0.29, 0.717) is 0 Å². The van der Waals surface area contributed by atoms with Crippen LogP contribution in [0.4, 0.5) is 0 Å². The van der Waals surface area contributed by atoms with Crippen molar-refractivity contribution < 1.29 is 9.85 Å². The number of hydrogen-bond donors (Lipinski definition) is 0. The molecule has 3 rings (SSSR count). The van der Waals surface area contributed by atoms with Crippen LogP contribution in [0, 0.1) is 38.0 Å². The van der Waals surface area contributed by atoms with Crippen molar-refractivity contribution in [1.82, 2.24) is 0 Å². The maximum atomic E-state index is 10.8. The highest BCUT2D eigenvalue weighted by Gasteiger charge is 2.79. The molecule has 1 unspecified atom stereocenters. The van der Waals surface area contributed by atoms with Gasteiger partial charge >= 0.3 is 0 Å². The van der Waals surface area contributed by atoms with Gasteiger partial charge in [0.25, 0.3) is 5.54 Å². The van der Waals surface area contributed by atoms with Crippen LogP contribution in [-0.4, -0.2) is 15.4 Å². The summed E-state index contributed by atoms with van der Waals surface area (Å²) in [5.74, 6) is -0.693. The molecule has 6 heteroatoms. The molecule has 0 aromatic rings. The third-order valence-electron chi connectivity index (χ3n) is 3.63. The third kappa shape index (κ3) is 0.495. The summed E-state index contributed by atoms with van der Waals surface area (Å²) in [5, 5.41) is 21.3. The lowest BCUT2D eigenvalue weighted by Gasteiger charge is -2.58. The normalized spacial score (nSPS) is 46.0. The van der Waals surface area contributed by atoms with E-state index < -0.39 is 10.5 Å². The van der Waals surface area contributed by atoms with Crippen molar-refractivity contribution >= 4 is 0 Å². The van der Waals surface area contributed by atoms with Crippen molar-refractivity contribution in [3.63, 3.8) is 0 Å². The van der Waals surface area contributed by atoms with Crippen LogP contribution in [0.1, 0.15) is 0 Å². The van der Waals surface area contributed by atoms with Crippen molar-refractivity contribution in [2.75, 3.05) is 0 Å². The zero-order valence-corrected chi connectivity index (χ0v) is 6.99. The molecule has 72 valence electrons. The summed E-state index contributed by atoms with van der Waals surface area (Å²) in [4.78, 5) is 20.5. The Morgan fingerprint density at radius 3 is 2.36 bits per heavy atom. The average molecular weight is 194 g/mol. The van der Waals surface area contributed by atoms with E-state index >= 15 is 0 Å². The molecule has 0 radical (unpaired) electrons. The molecule has 0 N–H and O–H groups in total. The number of nitrogens with zero attached hydrogens (tertiary/aromatic N) is 2. The molecular formula is C8H6N2O4. The van der Waals surface area contributed by atoms with E-state index in [1.54, 1.807) is 12.2 Å². The first kappa shape index (κ1) is 7.66. The fourth-order valence-electron chi connectivity index (χ4n) is 2.81. The first-order chi connectivity index (χ1) is 6.59. The molecule has 0 bridgehead atoms. The third-order valence-corrected chi connectivity index (χ3v) is 3.63. The zero-order chi connectivity index (χ0) is 10.1. The predicted molar refractivity (Wildman–Crippen MR) is 44.4 cm³/mol. The number of allylic oxidation sites excluding steroid dienone is 1. The topological polar surface area (TPSA) is 86.3 Å². The molecule has 0 aromatic carbocycles. The van der Waals surface area contributed by atoms with Gasteiger partial charge in [-0.15, -0.1) is 0 Å². The van der Waals surface area contributed by atoms with Crippen molar-refractivity contribution in [2.45, 2.75) is 5.54 Å². The molecule has 0 spiro atoms. The molecule has 1 fully saturated rings. The van der Waals surface area contributed by atoms with E-state index in [2.05, 4.69) is 0 Å². The van der Waals surface area contributed by atoms with Crippen LogP contribution < -0.4 is 0 Å². The van der Waals surface area contributed by atoms with Crippen LogP contribution in [0.5, 0.6) is 0 Å². The molecule has 0 saturated heterocycles. The Balaban J connectivity index is 1.96. The van der Waals surface area contributed by atoms with Gasteiger partial charge in [-0.3, -0.25) is 20.2 Å². The minimum absolute atomic E-state index is 0.154. The van der Waals surface area contributed by atoms with Gasteiger partial charge < -0.3 is 0 Å². The van der Waals surface area contributed by atoms with E-state index in [1.807, 2.05) is 0 Å². The zero-order valence-electron chi connectivity index (χ0n) is 6.99. The first-order valence-electron chi connectivity index (χ1n) is 4.29. The number of rotatable bonds is 2. The van der Waals surface area contributed by atoms with Crippen LogP contribution in [0.15, 0.2) is 23.9 Å². The lowest BCUT2D eigenvalue weighted by Crippen LogP contribution is -2.72. The van der Waals surface area contributed by atoms with E-state index in [1.165, 1.54) is 6.08 Å². The Labute approximate surface area is 78.2 Å². The van der Waals surface area contributed by atoms with E-state index in [-0.39, 0.29) is 28.4 Å². The van der Waals surface area contributed by atoms with Crippen molar-refractivity contribution in [2.24, 2.45) is 17.8 Å². The molecule has 0 heterocycles. The van der Waals surface area contributed by atoms with E-state index in [0.717, 1.165) is 0 Å². The Morgan fingerprint density at radius 2 is 2.00 bits per heavy atom. The number of hydrogen-bond acceptors (Lipinski definition) is 4. The van der Waals surface area contributed by atoms with Crippen LogP contribution in [0.2, 0.25) is 0 Å². The van der Waals surface area contributed by atoms with Gasteiger partial charge in [0, 0.05) is 11.0 Å². The summed E-state index contributed by atoms with van der Waals surface area (Å²) in [5.41, 5.74) is -0.841. The highest BCUT2D eigenvalue weighted by molar-refractivity contribution is 5.45. The minimum atomic E-state index is -0.996. The monoisotopic (exact) mass is 194 g/mol. The van der Waals surface area contributed by atoms with Gasteiger partial charge in [0.1, 0.15) is 0 Å². The molecule has 0 amide bonds. The van der Waals surface area contributed by atoms with Gasteiger partial charge in [-0.25, -0.2) is 0 Å². The number of nitro groups is 2. The van der Waals surface area contributed by atoms with Crippen LogP contribution in [0.3, 0.4) is 0 Å². The summed E-state index contributed by atoms with van der Waals surface area (Å²) in [6, 6.07) is 0. The van der Waals surface area contributed by atoms with E-state index in [9.17, 15) is 20.2 Å². The second-order valence-electron chi connectivity index (χ2n) is 3.93. The lowest BCUT2D eigenvalue weighted by atomic mass is 9.41. The summed E-state index contributed by atoms with van der Waals surface area (Å²) in [6.45, 7) is 0. The van der Waals surface area contributed by atoms with Crippen molar-refractivity contribution in [1.29, 1.82) is 0 Å². The second kappa shape index (κ2) is 1.87. The summed E-state index contributed by atoms with van der Waals surface area (Å²) in [7, 11) is 0. The molecule has 3 aliphatic carbocycles. The van der Waals surface area contributed by atoms with Crippen LogP contribution in [-0.2, 0) is 0 Å².